The van der Waals surface area contributed by atoms with Crippen LogP contribution in [0.2, 0.25) is 0 Å². The van der Waals surface area contributed by atoms with Crippen LogP contribution in [0.1, 0.15) is 64.3 Å². The van der Waals surface area contributed by atoms with Crippen molar-refractivity contribution in [1.29, 1.82) is 5.26 Å². The Bertz CT molecular complexity index is 1560. The molecule has 4 heterocycles. The quantitative estimate of drug-likeness (QED) is 0.372. The predicted octanol–water partition coefficient (Wildman–Crippen LogP) is 3.77. The Morgan fingerprint density at radius 2 is 1.97 bits per heavy atom. The number of hydrogen-bond acceptors (Lipinski definition) is 7. The van der Waals surface area contributed by atoms with Crippen molar-refractivity contribution in [2.24, 2.45) is 7.05 Å². The summed E-state index contributed by atoms with van der Waals surface area (Å²) in [6.07, 6.45) is 5.89. The van der Waals surface area contributed by atoms with E-state index < -0.39 is 0 Å². The number of aromatic nitrogens is 6. The highest BCUT2D eigenvalue weighted by molar-refractivity contribution is 5.99. The van der Waals surface area contributed by atoms with E-state index in [2.05, 4.69) is 36.8 Å². The zero-order valence-corrected chi connectivity index (χ0v) is 22.3. The minimum Gasteiger partial charge on any atom is -0.492 e. The summed E-state index contributed by atoms with van der Waals surface area (Å²) in [4.78, 5) is 29.3. The van der Waals surface area contributed by atoms with Crippen molar-refractivity contribution >= 4 is 5.91 Å². The summed E-state index contributed by atoms with van der Waals surface area (Å²) < 4.78 is 9.48. The van der Waals surface area contributed by atoms with Crippen molar-refractivity contribution in [3.05, 3.63) is 76.4 Å². The maximum absolute atomic E-state index is 14.0. The van der Waals surface area contributed by atoms with E-state index >= 15 is 0 Å². The van der Waals surface area contributed by atoms with Crippen molar-refractivity contribution < 1.29 is 9.53 Å². The Kier molecular flexibility index (Phi) is 6.68. The lowest BCUT2D eigenvalue weighted by Gasteiger charge is -2.34. The van der Waals surface area contributed by atoms with Gasteiger partial charge in [-0.3, -0.25) is 9.78 Å². The van der Waals surface area contributed by atoms with Gasteiger partial charge in [-0.25, -0.2) is 14.6 Å². The molecule has 194 valence electrons. The largest absolute Gasteiger partial charge is 0.492 e. The molecule has 10 heteroatoms. The molecule has 0 N–H and O–H groups in total. The van der Waals surface area contributed by atoms with Crippen LogP contribution in [0.3, 0.4) is 0 Å². The van der Waals surface area contributed by atoms with Crippen LogP contribution >= 0.6 is 0 Å². The van der Waals surface area contributed by atoms with Crippen LogP contribution in [0.5, 0.6) is 5.75 Å². The number of rotatable bonds is 7. The van der Waals surface area contributed by atoms with E-state index in [9.17, 15) is 10.1 Å². The molecule has 10 nitrogen and oxygen atoms in total. The van der Waals surface area contributed by atoms with Crippen LogP contribution < -0.4 is 4.74 Å². The molecule has 0 radical (unpaired) electrons. The van der Waals surface area contributed by atoms with E-state index in [1.54, 1.807) is 16.9 Å². The van der Waals surface area contributed by atoms with Gasteiger partial charge in [-0.05, 0) is 57.4 Å². The number of aryl methyl sites for hydroxylation is 3. The van der Waals surface area contributed by atoms with Crippen LogP contribution in [-0.4, -0.2) is 53.3 Å². The topological polar surface area (TPSA) is 115 Å². The molecule has 0 fully saturated rings. The van der Waals surface area contributed by atoms with Gasteiger partial charge in [-0.15, -0.1) is 0 Å². The van der Waals surface area contributed by atoms with Gasteiger partial charge in [0.05, 0.1) is 18.3 Å². The first-order valence-electron chi connectivity index (χ1n) is 12.7. The smallest absolute Gasteiger partial charge is 0.254 e. The molecule has 3 aromatic heterocycles. The van der Waals surface area contributed by atoms with Gasteiger partial charge in [-0.2, -0.15) is 10.4 Å². The van der Waals surface area contributed by atoms with Crippen molar-refractivity contribution in [1.82, 2.24) is 34.2 Å². The van der Waals surface area contributed by atoms with Gasteiger partial charge < -0.3 is 14.2 Å². The molecule has 1 amide bonds. The number of fused-ring (bicyclic) bond motifs is 1. The highest BCUT2D eigenvalue weighted by Crippen LogP contribution is 2.35. The molecular weight excluding hydrogens is 480 g/mol. The third kappa shape index (κ3) is 4.52. The minimum absolute atomic E-state index is 0.0628. The van der Waals surface area contributed by atoms with E-state index in [4.69, 9.17) is 4.74 Å². The van der Waals surface area contributed by atoms with E-state index in [1.165, 1.54) is 6.20 Å². The fourth-order valence-corrected chi connectivity index (χ4v) is 5.05. The third-order valence-corrected chi connectivity index (χ3v) is 6.99. The summed E-state index contributed by atoms with van der Waals surface area (Å²) in [7, 11) is 1.87. The van der Waals surface area contributed by atoms with Gasteiger partial charge in [0.1, 0.15) is 29.0 Å². The van der Waals surface area contributed by atoms with Gasteiger partial charge in [-0.1, -0.05) is 0 Å². The monoisotopic (exact) mass is 510 g/mol. The second-order valence-electron chi connectivity index (χ2n) is 9.45. The Morgan fingerprint density at radius 1 is 1.18 bits per heavy atom. The lowest BCUT2D eigenvalue weighted by molar-refractivity contribution is 0.0669. The van der Waals surface area contributed by atoms with Crippen LogP contribution in [0.25, 0.3) is 11.4 Å². The number of nitrogens with zero attached hydrogens (tertiary/aromatic N) is 8. The third-order valence-electron chi connectivity index (χ3n) is 6.99. The normalized spacial score (nSPS) is 13.8. The van der Waals surface area contributed by atoms with Crippen molar-refractivity contribution in [3.8, 4) is 23.2 Å². The van der Waals surface area contributed by atoms with Gasteiger partial charge in [0.25, 0.3) is 5.91 Å². The first kappa shape index (κ1) is 25.1. The van der Waals surface area contributed by atoms with Crippen LogP contribution in [0.15, 0.2) is 36.8 Å². The Balaban J connectivity index is 1.56. The summed E-state index contributed by atoms with van der Waals surface area (Å²) in [5.41, 5.74) is 4.60. The molecule has 1 aliphatic heterocycles. The number of carbonyl (C=O) groups is 1. The number of imidazole rings is 1. The molecule has 1 aliphatic rings. The second kappa shape index (κ2) is 10.1. The molecule has 0 saturated heterocycles. The lowest BCUT2D eigenvalue weighted by atomic mass is 9.90. The molecule has 0 saturated carbocycles. The maximum atomic E-state index is 14.0. The number of ether oxygens (including phenoxy) is 1. The molecule has 0 aliphatic carbocycles. The SMILES string of the molecule is CCOc1cc(C(C)N2CCc3c(cc(Cn4ccnc4C)cc3-c3nc(C)nn3C)C2=O)ncc1C#N. The van der Waals surface area contributed by atoms with Crippen molar-refractivity contribution in [2.75, 3.05) is 13.2 Å². The first-order chi connectivity index (χ1) is 18.3. The molecule has 4 aromatic rings. The summed E-state index contributed by atoms with van der Waals surface area (Å²) in [5, 5.41) is 13.8. The summed E-state index contributed by atoms with van der Waals surface area (Å²) in [6.45, 7) is 9.20. The number of carbonyl (C=O) groups excluding carboxylic acids is 1. The molecule has 0 spiro atoms. The zero-order chi connectivity index (χ0) is 27.0. The number of amides is 1. The van der Waals surface area contributed by atoms with Crippen LogP contribution in [-0.2, 0) is 20.0 Å². The highest BCUT2D eigenvalue weighted by Gasteiger charge is 2.32. The van der Waals surface area contributed by atoms with E-state index in [-0.39, 0.29) is 11.9 Å². The maximum Gasteiger partial charge on any atom is 0.254 e. The van der Waals surface area contributed by atoms with Crippen molar-refractivity contribution in [3.63, 3.8) is 0 Å². The van der Waals surface area contributed by atoms with Crippen LogP contribution in [0.4, 0.5) is 0 Å². The average Bonchev–Trinajstić information content (AvgIpc) is 3.47. The second-order valence-corrected chi connectivity index (χ2v) is 9.45. The molecule has 0 bridgehead atoms. The molecule has 1 unspecified atom stereocenters. The Labute approximate surface area is 221 Å². The standard InChI is InChI=1S/C28H30N8O2/c1-6-38-26-13-25(31-15-21(26)14-29)17(2)36-9-7-22-23(27-32-18(3)33-34(27)5)11-20(12-24(22)28(36)37)16-35-10-8-30-19(35)4/h8,10-13,15,17H,6-7,9,16H2,1-5H3. The van der Waals surface area contributed by atoms with E-state index in [1.807, 2.05) is 51.9 Å². The predicted molar refractivity (Wildman–Crippen MR) is 141 cm³/mol. The number of benzene rings is 1. The number of nitriles is 1. The van der Waals surface area contributed by atoms with Gasteiger partial charge in [0, 0.05) is 55.9 Å². The summed E-state index contributed by atoms with van der Waals surface area (Å²) in [5.74, 6) is 2.74. The first-order valence-corrected chi connectivity index (χ1v) is 12.7. The van der Waals surface area contributed by atoms with Gasteiger partial charge >= 0.3 is 0 Å². The Hall–Kier alpha value is -4.52. The Morgan fingerprint density at radius 3 is 2.63 bits per heavy atom. The molecule has 5 rings (SSSR count). The van der Waals surface area contributed by atoms with Gasteiger partial charge in [0.2, 0.25) is 0 Å². The van der Waals surface area contributed by atoms with E-state index in [0.717, 1.165) is 28.3 Å². The number of pyridine rings is 1. The fraction of sp³-hybridized carbons (Fsp3) is 0.357. The zero-order valence-electron chi connectivity index (χ0n) is 22.3. The van der Waals surface area contributed by atoms with E-state index in [0.29, 0.717) is 54.5 Å². The van der Waals surface area contributed by atoms with Crippen LogP contribution in [0, 0.1) is 25.2 Å². The number of hydrogen-bond donors (Lipinski definition) is 0. The molecular formula is C28H30N8O2. The minimum atomic E-state index is -0.303. The molecule has 1 atom stereocenters. The highest BCUT2D eigenvalue weighted by atomic mass is 16.5. The summed E-state index contributed by atoms with van der Waals surface area (Å²) >= 11 is 0. The molecule has 1 aromatic carbocycles. The average molecular weight is 511 g/mol. The lowest BCUT2D eigenvalue weighted by Crippen LogP contribution is -2.40. The van der Waals surface area contributed by atoms with Crippen molar-refractivity contribution in [2.45, 2.75) is 46.7 Å². The van der Waals surface area contributed by atoms with Gasteiger partial charge in [0.15, 0.2) is 5.82 Å². The fourth-order valence-electron chi connectivity index (χ4n) is 5.05. The summed E-state index contributed by atoms with van der Waals surface area (Å²) in [6, 6.07) is 7.68. The molecule has 38 heavy (non-hydrogen) atoms.